The van der Waals surface area contributed by atoms with E-state index in [9.17, 15) is 4.79 Å². The maximum Gasteiger partial charge on any atom is 0.338 e. The van der Waals surface area contributed by atoms with E-state index < -0.39 is 0 Å². The highest BCUT2D eigenvalue weighted by atomic mass is 79.9. The molecule has 3 aromatic carbocycles. The minimum absolute atomic E-state index is 0.0239. The second-order valence-corrected chi connectivity index (χ2v) is 8.98. The van der Waals surface area contributed by atoms with Crippen LogP contribution >= 0.6 is 27.5 Å². The number of ether oxygens (including phenoxy) is 1. The molecule has 4 aromatic rings. The number of rotatable bonds is 7. The SMILES string of the molecule is C=C(c1cccc(C(CCBr)c2ccccc2C(=O)OC)c1)c1ccc2ccc(Cl)cc2n1. The van der Waals surface area contributed by atoms with Crippen LogP contribution in [0.3, 0.4) is 0 Å². The van der Waals surface area contributed by atoms with Crippen LogP contribution in [0.5, 0.6) is 0 Å². The molecule has 0 aliphatic rings. The number of halogens is 2. The van der Waals surface area contributed by atoms with Gasteiger partial charge in [0.2, 0.25) is 0 Å². The molecule has 0 saturated heterocycles. The molecule has 0 radical (unpaired) electrons. The van der Waals surface area contributed by atoms with Gasteiger partial charge in [-0.15, -0.1) is 0 Å². The fourth-order valence-corrected chi connectivity index (χ4v) is 4.68. The van der Waals surface area contributed by atoms with Crippen LogP contribution in [-0.4, -0.2) is 23.4 Å². The maximum atomic E-state index is 12.4. The molecule has 0 amide bonds. The highest BCUT2D eigenvalue weighted by Crippen LogP contribution is 2.34. The Morgan fingerprint density at radius 3 is 2.64 bits per heavy atom. The molecule has 166 valence electrons. The Labute approximate surface area is 207 Å². The van der Waals surface area contributed by atoms with Crippen molar-refractivity contribution in [2.24, 2.45) is 0 Å². The molecule has 4 rings (SSSR count). The zero-order chi connectivity index (χ0) is 23.4. The summed E-state index contributed by atoms with van der Waals surface area (Å²) >= 11 is 9.74. The molecule has 0 bridgehead atoms. The second-order valence-electron chi connectivity index (χ2n) is 7.75. The number of pyridine rings is 1. The Kier molecular flexibility index (Phi) is 7.26. The van der Waals surface area contributed by atoms with E-state index in [1.165, 1.54) is 7.11 Å². The van der Waals surface area contributed by atoms with Crippen molar-refractivity contribution in [2.45, 2.75) is 12.3 Å². The van der Waals surface area contributed by atoms with E-state index >= 15 is 0 Å². The smallest absolute Gasteiger partial charge is 0.338 e. The van der Waals surface area contributed by atoms with Gasteiger partial charge in [0.15, 0.2) is 0 Å². The summed E-state index contributed by atoms with van der Waals surface area (Å²) in [7, 11) is 1.41. The summed E-state index contributed by atoms with van der Waals surface area (Å²) in [6.07, 6.45) is 0.830. The lowest BCUT2D eigenvalue weighted by atomic mass is 9.85. The number of hydrogen-bond donors (Lipinski definition) is 0. The topological polar surface area (TPSA) is 39.2 Å². The third-order valence-electron chi connectivity index (χ3n) is 5.74. The summed E-state index contributed by atoms with van der Waals surface area (Å²) in [5.41, 5.74) is 6.09. The average Bonchev–Trinajstić information content (AvgIpc) is 2.86. The minimum Gasteiger partial charge on any atom is -0.465 e. The van der Waals surface area contributed by atoms with Crippen LogP contribution in [0.25, 0.3) is 16.5 Å². The minimum atomic E-state index is -0.329. The first kappa shape index (κ1) is 23.2. The van der Waals surface area contributed by atoms with Crippen LogP contribution in [0.2, 0.25) is 5.02 Å². The molecule has 33 heavy (non-hydrogen) atoms. The number of alkyl halides is 1. The van der Waals surface area contributed by atoms with Crippen molar-refractivity contribution in [1.29, 1.82) is 0 Å². The van der Waals surface area contributed by atoms with Crippen LogP contribution in [0, 0.1) is 0 Å². The molecule has 3 nitrogen and oxygen atoms in total. The number of esters is 1. The predicted octanol–water partition coefficient (Wildman–Crippen LogP) is 7.65. The number of methoxy groups -OCH3 is 1. The van der Waals surface area contributed by atoms with E-state index in [0.717, 1.165) is 50.6 Å². The van der Waals surface area contributed by atoms with Gasteiger partial charge in [-0.2, -0.15) is 0 Å². The van der Waals surface area contributed by atoms with Crippen LogP contribution in [0.15, 0.2) is 85.4 Å². The first-order chi connectivity index (χ1) is 16.0. The molecule has 1 aromatic heterocycles. The van der Waals surface area contributed by atoms with Gasteiger partial charge >= 0.3 is 5.97 Å². The van der Waals surface area contributed by atoms with Gasteiger partial charge in [-0.3, -0.25) is 0 Å². The molecule has 1 heterocycles. The molecule has 0 aliphatic carbocycles. The van der Waals surface area contributed by atoms with Gasteiger partial charge in [0.25, 0.3) is 0 Å². The van der Waals surface area contributed by atoms with Gasteiger partial charge in [-0.25, -0.2) is 9.78 Å². The molecule has 1 atom stereocenters. The summed E-state index contributed by atoms with van der Waals surface area (Å²) in [5, 5.41) is 2.48. The first-order valence-corrected chi connectivity index (χ1v) is 12.1. The van der Waals surface area contributed by atoms with Crippen molar-refractivity contribution in [3.63, 3.8) is 0 Å². The largest absolute Gasteiger partial charge is 0.465 e. The van der Waals surface area contributed by atoms with Gasteiger partial charge in [-0.1, -0.05) is 88.7 Å². The van der Waals surface area contributed by atoms with Gasteiger partial charge in [0.1, 0.15) is 0 Å². The summed E-state index contributed by atoms with van der Waals surface area (Å²) in [6.45, 7) is 4.32. The number of hydrogen-bond acceptors (Lipinski definition) is 3. The highest BCUT2D eigenvalue weighted by molar-refractivity contribution is 9.09. The zero-order valence-corrected chi connectivity index (χ0v) is 20.6. The second kappa shape index (κ2) is 10.3. The van der Waals surface area contributed by atoms with Crippen molar-refractivity contribution < 1.29 is 9.53 Å². The number of fused-ring (bicyclic) bond motifs is 1. The third kappa shape index (κ3) is 5.02. The zero-order valence-electron chi connectivity index (χ0n) is 18.2. The van der Waals surface area contributed by atoms with Crippen LogP contribution in [0.1, 0.15) is 45.1 Å². The number of carbonyl (C=O) groups is 1. The molecule has 0 saturated carbocycles. The fourth-order valence-electron chi connectivity index (χ4n) is 4.06. The van der Waals surface area contributed by atoms with Gasteiger partial charge in [0, 0.05) is 27.2 Å². The van der Waals surface area contributed by atoms with Crippen molar-refractivity contribution in [1.82, 2.24) is 4.98 Å². The van der Waals surface area contributed by atoms with E-state index in [0.29, 0.717) is 10.6 Å². The molecule has 0 aliphatic heterocycles. The quantitative estimate of drug-likeness (QED) is 0.185. The lowest BCUT2D eigenvalue weighted by molar-refractivity contribution is 0.0599. The molecule has 5 heteroatoms. The third-order valence-corrected chi connectivity index (χ3v) is 6.43. The Morgan fingerprint density at radius 1 is 1.06 bits per heavy atom. The van der Waals surface area contributed by atoms with E-state index in [2.05, 4.69) is 34.6 Å². The Morgan fingerprint density at radius 2 is 1.85 bits per heavy atom. The average molecular weight is 521 g/mol. The molecular formula is C28H23BrClNO2. The van der Waals surface area contributed by atoms with Gasteiger partial charge in [0.05, 0.1) is 23.9 Å². The van der Waals surface area contributed by atoms with Crippen LogP contribution in [0.4, 0.5) is 0 Å². The Hall–Kier alpha value is -2.95. The number of carbonyl (C=O) groups excluding carboxylic acids is 1. The number of aromatic nitrogens is 1. The van der Waals surface area contributed by atoms with Crippen molar-refractivity contribution >= 4 is 50.0 Å². The highest BCUT2D eigenvalue weighted by Gasteiger charge is 2.21. The molecule has 1 unspecified atom stereocenters. The van der Waals surface area contributed by atoms with Crippen molar-refractivity contribution in [2.75, 3.05) is 12.4 Å². The number of benzene rings is 3. The summed E-state index contributed by atoms with van der Waals surface area (Å²) in [5.74, 6) is -0.305. The van der Waals surface area contributed by atoms with Crippen molar-refractivity contribution in [3.05, 3.63) is 118 Å². The Bertz CT molecular complexity index is 1330. The van der Waals surface area contributed by atoms with Gasteiger partial charge < -0.3 is 4.74 Å². The lowest BCUT2D eigenvalue weighted by Gasteiger charge is -2.20. The van der Waals surface area contributed by atoms with E-state index in [4.69, 9.17) is 21.3 Å². The van der Waals surface area contributed by atoms with Crippen LogP contribution in [-0.2, 0) is 4.74 Å². The maximum absolute atomic E-state index is 12.4. The number of nitrogens with zero attached hydrogens (tertiary/aromatic N) is 1. The van der Waals surface area contributed by atoms with Crippen molar-refractivity contribution in [3.8, 4) is 0 Å². The Balaban J connectivity index is 1.73. The molecule has 0 spiro atoms. The first-order valence-electron chi connectivity index (χ1n) is 10.6. The van der Waals surface area contributed by atoms with Gasteiger partial charge in [-0.05, 0) is 47.4 Å². The van der Waals surface area contributed by atoms with E-state index in [1.54, 1.807) is 0 Å². The molecular weight excluding hydrogens is 498 g/mol. The molecule has 0 fully saturated rings. The monoisotopic (exact) mass is 519 g/mol. The summed E-state index contributed by atoms with van der Waals surface area (Å²) in [6, 6.07) is 25.6. The lowest BCUT2D eigenvalue weighted by Crippen LogP contribution is -2.11. The molecule has 0 N–H and O–H groups in total. The normalized spacial score (nSPS) is 11.8. The van der Waals surface area contributed by atoms with E-state index in [-0.39, 0.29) is 11.9 Å². The van der Waals surface area contributed by atoms with E-state index in [1.807, 2.05) is 66.7 Å². The fraction of sp³-hybridized carbons (Fsp3) is 0.143. The van der Waals surface area contributed by atoms with Crippen LogP contribution < -0.4 is 0 Å². The predicted molar refractivity (Wildman–Crippen MR) is 139 cm³/mol. The standard InChI is InChI=1S/C28H23BrClNO2/c1-18(26-13-11-19-10-12-22(30)17-27(19)31-26)20-6-5-7-21(16-20)23(14-15-29)24-8-3-4-9-25(24)28(32)33-2/h3-13,16-17,23H,1,14-15H2,2H3. The summed E-state index contributed by atoms with van der Waals surface area (Å²) < 4.78 is 5.02. The summed E-state index contributed by atoms with van der Waals surface area (Å²) in [4.78, 5) is 17.2.